The van der Waals surface area contributed by atoms with Gasteiger partial charge >= 0.3 is 0 Å². The quantitative estimate of drug-likeness (QED) is 0.269. The molecule has 3 aromatic carbocycles. The van der Waals surface area contributed by atoms with Gasteiger partial charge in [-0.25, -0.2) is 0 Å². The molecule has 1 heterocycles. The SMILES string of the molecule is C=C(C)c1cccc([C@H](C)NC(=O)c2ccc3c(c2)c(C)c(C)n3Cc2ccc(C3(C=O)CC3)cc2)c1. The topological polar surface area (TPSA) is 51.1 Å². The van der Waals surface area contributed by atoms with Crippen LogP contribution < -0.4 is 5.32 Å². The zero-order valence-electron chi connectivity index (χ0n) is 22.1. The lowest BCUT2D eigenvalue weighted by Gasteiger charge is -2.16. The molecule has 0 aliphatic heterocycles. The van der Waals surface area contributed by atoms with Crippen LogP contribution in [0, 0.1) is 13.8 Å². The third kappa shape index (κ3) is 4.64. The van der Waals surface area contributed by atoms with Gasteiger partial charge < -0.3 is 14.7 Å². The van der Waals surface area contributed by atoms with Crippen LogP contribution in [0.3, 0.4) is 0 Å². The highest BCUT2D eigenvalue weighted by molar-refractivity contribution is 5.99. The second-order valence-corrected chi connectivity index (χ2v) is 10.6. The monoisotopic (exact) mass is 490 g/mol. The molecule has 0 bridgehead atoms. The number of aldehydes is 1. The van der Waals surface area contributed by atoms with E-state index >= 15 is 0 Å². The van der Waals surface area contributed by atoms with Crippen molar-refractivity contribution in [2.45, 2.75) is 58.5 Å². The molecule has 5 rings (SSSR count). The number of aryl methyl sites for hydroxylation is 1. The van der Waals surface area contributed by atoms with E-state index in [1.54, 1.807) is 0 Å². The molecule has 4 aromatic rings. The first-order valence-electron chi connectivity index (χ1n) is 12.9. The zero-order valence-corrected chi connectivity index (χ0v) is 22.1. The Bertz CT molecular complexity index is 1520. The lowest BCUT2D eigenvalue weighted by Crippen LogP contribution is -2.26. The molecule has 0 unspecified atom stereocenters. The van der Waals surface area contributed by atoms with E-state index in [4.69, 9.17) is 0 Å². The summed E-state index contributed by atoms with van der Waals surface area (Å²) in [6.07, 6.45) is 3.00. The molecule has 1 atom stereocenters. The van der Waals surface area contributed by atoms with Gasteiger partial charge in [-0.2, -0.15) is 0 Å². The Morgan fingerprint density at radius 1 is 1.05 bits per heavy atom. The average molecular weight is 491 g/mol. The molecule has 4 nitrogen and oxygen atoms in total. The smallest absolute Gasteiger partial charge is 0.251 e. The fraction of sp³-hybridized carbons (Fsp3) is 0.273. The van der Waals surface area contributed by atoms with Gasteiger partial charge in [0, 0.05) is 28.7 Å². The van der Waals surface area contributed by atoms with Crippen molar-refractivity contribution < 1.29 is 9.59 Å². The number of nitrogens with one attached hydrogen (secondary N) is 1. The minimum absolute atomic E-state index is 0.0836. The van der Waals surface area contributed by atoms with Crippen molar-refractivity contribution in [3.63, 3.8) is 0 Å². The maximum atomic E-state index is 13.2. The molecule has 188 valence electrons. The Balaban J connectivity index is 1.37. The number of carbonyl (C=O) groups is 2. The fourth-order valence-corrected chi connectivity index (χ4v) is 5.17. The maximum absolute atomic E-state index is 13.2. The second-order valence-electron chi connectivity index (χ2n) is 10.6. The van der Waals surface area contributed by atoms with Gasteiger partial charge in [0.15, 0.2) is 0 Å². The third-order valence-electron chi connectivity index (χ3n) is 8.01. The number of benzene rings is 3. The van der Waals surface area contributed by atoms with Crippen LogP contribution in [0.5, 0.6) is 0 Å². The molecule has 1 N–H and O–H groups in total. The van der Waals surface area contributed by atoms with Gasteiger partial charge in [0.05, 0.1) is 11.5 Å². The highest BCUT2D eigenvalue weighted by Gasteiger charge is 2.44. The van der Waals surface area contributed by atoms with Gasteiger partial charge in [-0.3, -0.25) is 4.79 Å². The van der Waals surface area contributed by atoms with E-state index in [9.17, 15) is 9.59 Å². The van der Waals surface area contributed by atoms with E-state index in [0.717, 1.165) is 58.8 Å². The van der Waals surface area contributed by atoms with Gasteiger partial charge in [-0.15, -0.1) is 0 Å². The number of rotatable bonds is 8. The number of carbonyl (C=O) groups excluding carboxylic acids is 2. The van der Waals surface area contributed by atoms with E-state index in [0.29, 0.717) is 5.56 Å². The Morgan fingerprint density at radius 3 is 2.43 bits per heavy atom. The number of hydrogen-bond donors (Lipinski definition) is 1. The minimum atomic E-state index is -0.243. The van der Waals surface area contributed by atoms with Crippen molar-refractivity contribution in [3.8, 4) is 0 Å². The van der Waals surface area contributed by atoms with Crippen molar-refractivity contribution in [3.05, 3.63) is 112 Å². The molecule has 1 amide bonds. The Labute approximate surface area is 219 Å². The van der Waals surface area contributed by atoms with Gasteiger partial charge in [-0.1, -0.05) is 54.6 Å². The molecule has 1 aromatic heterocycles. The van der Waals surface area contributed by atoms with Crippen molar-refractivity contribution >= 4 is 28.7 Å². The predicted octanol–water partition coefficient (Wildman–Crippen LogP) is 7.06. The molecule has 0 saturated heterocycles. The molecule has 1 fully saturated rings. The summed E-state index contributed by atoms with van der Waals surface area (Å²) in [5.74, 6) is -0.0836. The lowest BCUT2D eigenvalue weighted by molar-refractivity contribution is -0.109. The molecular weight excluding hydrogens is 456 g/mol. The Kier molecular flexibility index (Phi) is 6.36. The summed E-state index contributed by atoms with van der Waals surface area (Å²) in [4.78, 5) is 24.6. The van der Waals surface area contributed by atoms with Gasteiger partial charge in [0.2, 0.25) is 0 Å². The van der Waals surface area contributed by atoms with Crippen LogP contribution in [0.4, 0.5) is 0 Å². The van der Waals surface area contributed by atoms with Crippen LogP contribution in [0.1, 0.15) is 76.6 Å². The van der Waals surface area contributed by atoms with E-state index in [2.05, 4.69) is 66.7 Å². The zero-order chi connectivity index (χ0) is 26.3. The van der Waals surface area contributed by atoms with Crippen LogP contribution in [0.25, 0.3) is 16.5 Å². The van der Waals surface area contributed by atoms with E-state index in [1.165, 1.54) is 16.8 Å². The first kappa shape index (κ1) is 24.8. The molecular formula is C33H34N2O2. The highest BCUT2D eigenvalue weighted by atomic mass is 16.1. The summed E-state index contributed by atoms with van der Waals surface area (Å²) in [6, 6.07) is 22.5. The summed E-state index contributed by atoms with van der Waals surface area (Å²) in [7, 11) is 0. The fourth-order valence-electron chi connectivity index (χ4n) is 5.17. The summed E-state index contributed by atoms with van der Waals surface area (Å²) in [5, 5.41) is 4.25. The molecule has 1 saturated carbocycles. The minimum Gasteiger partial charge on any atom is -0.346 e. The van der Waals surface area contributed by atoms with Crippen LogP contribution in [0.15, 0.2) is 73.3 Å². The van der Waals surface area contributed by atoms with E-state index in [1.807, 2.05) is 44.2 Å². The second kappa shape index (κ2) is 9.51. The third-order valence-corrected chi connectivity index (χ3v) is 8.01. The average Bonchev–Trinajstić information content (AvgIpc) is 3.68. The van der Waals surface area contributed by atoms with Crippen molar-refractivity contribution in [2.75, 3.05) is 0 Å². The molecule has 4 heteroatoms. The number of amides is 1. The van der Waals surface area contributed by atoms with Crippen molar-refractivity contribution in [2.24, 2.45) is 0 Å². The Morgan fingerprint density at radius 2 is 1.78 bits per heavy atom. The van der Waals surface area contributed by atoms with E-state index < -0.39 is 0 Å². The number of nitrogens with zero attached hydrogens (tertiary/aromatic N) is 1. The standard InChI is InChI=1S/C33H34N2O2/c1-21(2)26-7-6-8-27(17-26)23(4)34-32(37)28-11-14-31-30(18-28)22(3)24(5)35(31)19-25-9-12-29(13-10-25)33(20-36)15-16-33/h6-14,17-18,20,23H,1,15-16,19H2,2-5H3,(H,34,37)/t23-/m0/s1. The normalized spacial score (nSPS) is 14.8. The molecule has 1 aliphatic rings. The molecule has 0 spiro atoms. The molecule has 0 radical (unpaired) electrons. The van der Waals surface area contributed by atoms with Crippen LogP contribution in [-0.4, -0.2) is 16.8 Å². The largest absolute Gasteiger partial charge is 0.346 e. The first-order chi connectivity index (χ1) is 17.7. The van der Waals surface area contributed by atoms with Gasteiger partial charge in [0.25, 0.3) is 5.91 Å². The first-order valence-corrected chi connectivity index (χ1v) is 12.9. The van der Waals surface area contributed by atoms with E-state index in [-0.39, 0.29) is 17.4 Å². The summed E-state index contributed by atoms with van der Waals surface area (Å²) in [6.45, 7) is 13.0. The maximum Gasteiger partial charge on any atom is 0.251 e. The highest BCUT2D eigenvalue weighted by Crippen LogP contribution is 2.46. The van der Waals surface area contributed by atoms with Crippen LogP contribution in [-0.2, 0) is 16.8 Å². The van der Waals surface area contributed by atoms with Gasteiger partial charge in [-0.05, 0) is 92.6 Å². The number of hydrogen-bond acceptors (Lipinski definition) is 2. The Hall–Kier alpha value is -3.92. The van der Waals surface area contributed by atoms with Crippen molar-refractivity contribution in [1.82, 2.24) is 9.88 Å². The number of allylic oxidation sites excluding steroid dienone is 1. The van der Waals surface area contributed by atoms with Crippen LogP contribution in [0.2, 0.25) is 0 Å². The summed E-state index contributed by atoms with van der Waals surface area (Å²) >= 11 is 0. The van der Waals surface area contributed by atoms with Gasteiger partial charge in [0.1, 0.15) is 6.29 Å². The summed E-state index contributed by atoms with van der Waals surface area (Å²) < 4.78 is 2.31. The van der Waals surface area contributed by atoms with Crippen LogP contribution >= 0.6 is 0 Å². The molecule has 37 heavy (non-hydrogen) atoms. The summed E-state index contributed by atoms with van der Waals surface area (Å²) in [5.41, 5.74) is 9.35. The predicted molar refractivity (Wildman–Crippen MR) is 151 cm³/mol. The lowest BCUT2D eigenvalue weighted by atomic mass is 9.97. The number of fused-ring (bicyclic) bond motifs is 1. The van der Waals surface area contributed by atoms with Crippen molar-refractivity contribution in [1.29, 1.82) is 0 Å². The number of aromatic nitrogens is 1. The molecule has 1 aliphatic carbocycles.